The monoisotopic (exact) mass is 302 g/mol. The Morgan fingerprint density at radius 2 is 2.14 bits per heavy atom. The number of aliphatic imine (C=N–C) groups is 1. The molecular formula is C20H34N2. The van der Waals surface area contributed by atoms with Gasteiger partial charge in [-0.15, -0.1) is 0 Å². The first-order chi connectivity index (χ1) is 10.3. The van der Waals surface area contributed by atoms with Crippen LogP contribution in [0, 0.1) is 11.3 Å². The lowest BCUT2D eigenvalue weighted by Crippen LogP contribution is -2.24. The second kappa shape index (κ2) is 8.36. The maximum atomic E-state index is 4.18. The summed E-state index contributed by atoms with van der Waals surface area (Å²) < 4.78 is 0. The lowest BCUT2D eigenvalue weighted by molar-refractivity contribution is 0.305. The number of hydrogen-bond donors (Lipinski definition) is 0. The van der Waals surface area contributed by atoms with Crippen LogP contribution >= 0.6 is 0 Å². The van der Waals surface area contributed by atoms with Gasteiger partial charge in [-0.05, 0) is 50.0 Å². The highest BCUT2D eigenvalue weighted by molar-refractivity contribution is 5.93. The smallest absolute Gasteiger partial charge is 0.0472 e. The van der Waals surface area contributed by atoms with Gasteiger partial charge in [-0.1, -0.05) is 45.9 Å². The summed E-state index contributed by atoms with van der Waals surface area (Å²) in [5.41, 5.74) is 3.07. The predicted octanol–water partition coefficient (Wildman–Crippen LogP) is 5.59. The fourth-order valence-corrected chi connectivity index (χ4v) is 3.02. The van der Waals surface area contributed by atoms with Crippen molar-refractivity contribution in [3.8, 4) is 0 Å². The quantitative estimate of drug-likeness (QED) is 0.442. The Balaban J connectivity index is 2.65. The van der Waals surface area contributed by atoms with Crippen molar-refractivity contribution in [3.63, 3.8) is 0 Å². The lowest BCUT2D eigenvalue weighted by Gasteiger charge is -2.24. The summed E-state index contributed by atoms with van der Waals surface area (Å²) in [5, 5.41) is 0. The molecule has 1 aliphatic rings. The van der Waals surface area contributed by atoms with E-state index in [1.165, 1.54) is 25.7 Å². The zero-order valence-electron chi connectivity index (χ0n) is 15.4. The Morgan fingerprint density at radius 3 is 2.68 bits per heavy atom. The third-order valence-electron chi connectivity index (χ3n) is 4.48. The van der Waals surface area contributed by atoms with E-state index in [0.29, 0.717) is 11.5 Å². The molecule has 0 aromatic rings. The fraction of sp³-hybridized carbons (Fsp3) is 0.650. The standard InChI is InChI=1S/C20H34N2/c1-8-17-14-19(15-18(17)10-12-20(4,5)6)22(7)13-11-16(3)21-9-2/h9,11,13-14,18-19H,2,8,10,12,15H2,1,3-7H3/b13-11-,21-16?. The third kappa shape index (κ3) is 6.21. The van der Waals surface area contributed by atoms with Gasteiger partial charge in [-0.3, -0.25) is 4.99 Å². The molecule has 2 atom stereocenters. The molecule has 22 heavy (non-hydrogen) atoms. The number of hydrogen-bond acceptors (Lipinski definition) is 2. The minimum atomic E-state index is 0.432. The van der Waals surface area contributed by atoms with Gasteiger partial charge in [0, 0.05) is 31.2 Å². The normalized spacial score (nSPS) is 23.0. The molecular weight excluding hydrogens is 268 g/mol. The van der Waals surface area contributed by atoms with Crippen molar-refractivity contribution in [1.29, 1.82) is 0 Å². The highest BCUT2D eigenvalue weighted by Gasteiger charge is 2.27. The number of nitrogens with zero attached hydrogens (tertiary/aromatic N) is 2. The molecule has 2 unspecified atom stereocenters. The van der Waals surface area contributed by atoms with Crippen LogP contribution in [0.25, 0.3) is 0 Å². The molecule has 2 heteroatoms. The van der Waals surface area contributed by atoms with Crippen molar-refractivity contribution in [2.75, 3.05) is 7.05 Å². The van der Waals surface area contributed by atoms with Gasteiger partial charge in [0.15, 0.2) is 0 Å². The van der Waals surface area contributed by atoms with Crippen molar-refractivity contribution in [2.24, 2.45) is 16.3 Å². The van der Waals surface area contributed by atoms with E-state index < -0.39 is 0 Å². The van der Waals surface area contributed by atoms with Crippen LogP contribution in [0.2, 0.25) is 0 Å². The van der Waals surface area contributed by atoms with Crippen LogP contribution in [-0.4, -0.2) is 23.7 Å². The summed E-state index contributed by atoms with van der Waals surface area (Å²) in [6, 6.07) is 0.521. The van der Waals surface area contributed by atoms with Crippen molar-refractivity contribution in [3.05, 3.63) is 36.7 Å². The SMILES string of the molecule is C=CN=C(C)/C=C\N(C)C1C=C(CC)C(CCC(C)(C)C)C1. The summed E-state index contributed by atoms with van der Waals surface area (Å²) >= 11 is 0. The average Bonchev–Trinajstić information content (AvgIpc) is 2.85. The van der Waals surface area contributed by atoms with E-state index >= 15 is 0 Å². The summed E-state index contributed by atoms with van der Waals surface area (Å²) in [4.78, 5) is 6.49. The fourth-order valence-electron chi connectivity index (χ4n) is 3.02. The summed E-state index contributed by atoms with van der Waals surface area (Å²) in [6.45, 7) is 14.9. The Kier molecular flexibility index (Phi) is 7.12. The molecule has 0 saturated carbocycles. The summed E-state index contributed by atoms with van der Waals surface area (Å²) in [6.07, 6.45) is 13.3. The predicted molar refractivity (Wildman–Crippen MR) is 99.2 cm³/mol. The van der Waals surface area contributed by atoms with E-state index in [4.69, 9.17) is 0 Å². The van der Waals surface area contributed by atoms with Crippen molar-refractivity contribution in [2.45, 2.75) is 66.3 Å². The second-order valence-electron chi connectivity index (χ2n) is 7.63. The number of likely N-dealkylation sites (N-methyl/N-ethyl adjacent to an activating group) is 1. The molecule has 0 aromatic heterocycles. The molecule has 0 bridgehead atoms. The molecule has 0 N–H and O–H groups in total. The zero-order valence-corrected chi connectivity index (χ0v) is 15.4. The topological polar surface area (TPSA) is 15.6 Å². The molecule has 0 heterocycles. The van der Waals surface area contributed by atoms with Crippen LogP contribution in [0.5, 0.6) is 0 Å². The molecule has 0 spiro atoms. The molecule has 0 amide bonds. The molecule has 0 fully saturated rings. The van der Waals surface area contributed by atoms with Crippen LogP contribution in [0.3, 0.4) is 0 Å². The van der Waals surface area contributed by atoms with E-state index in [9.17, 15) is 0 Å². The minimum absolute atomic E-state index is 0.432. The van der Waals surface area contributed by atoms with Gasteiger partial charge in [0.25, 0.3) is 0 Å². The second-order valence-corrected chi connectivity index (χ2v) is 7.63. The molecule has 1 rings (SSSR count). The average molecular weight is 303 g/mol. The van der Waals surface area contributed by atoms with Gasteiger partial charge in [0.05, 0.1) is 0 Å². The van der Waals surface area contributed by atoms with E-state index in [2.05, 4.69) is 69.6 Å². The Morgan fingerprint density at radius 1 is 1.45 bits per heavy atom. The Bertz CT molecular complexity index is 449. The first-order valence-corrected chi connectivity index (χ1v) is 8.53. The first kappa shape index (κ1) is 18.7. The Labute approximate surface area is 137 Å². The molecule has 0 radical (unpaired) electrons. The maximum absolute atomic E-state index is 4.18. The van der Waals surface area contributed by atoms with Crippen LogP contribution in [0.4, 0.5) is 0 Å². The van der Waals surface area contributed by atoms with Crippen LogP contribution in [0.1, 0.15) is 60.3 Å². The van der Waals surface area contributed by atoms with Crippen LogP contribution in [-0.2, 0) is 0 Å². The van der Waals surface area contributed by atoms with Gasteiger partial charge >= 0.3 is 0 Å². The minimum Gasteiger partial charge on any atom is -0.374 e. The van der Waals surface area contributed by atoms with Gasteiger partial charge in [0.1, 0.15) is 0 Å². The summed E-state index contributed by atoms with van der Waals surface area (Å²) in [7, 11) is 2.16. The van der Waals surface area contributed by atoms with Gasteiger partial charge in [0.2, 0.25) is 0 Å². The van der Waals surface area contributed by atoms with Crippen molar-refractivity contribution >= 4 is 5.71 Å². The van der Waals surface area contributed by atoms with E-state index in [0.717, 1.165) is 11.6 Å². The molecule has 0 aliphatic heterocycles. The van der Waals surface area contributed by atoms with Gasteiger partial charge in [-0.2, -0.15) is 0 Å². The largest absolute Gasteiger partial charge is 0.374 e. The number of rotatable bonds is 7. The van der Waals surface area contributed by atoms with Crippen LogP contribution in [0.15, 0.2) is 41.7 Å². The van der Waals surface area contributed by atoms with E-state index in [1.807, 2.05) is 6.92 Å². The van der Waals surface area contributed by atoms with Crippen LogP contribution < -0.4 is 0 Å². The molecule has 0 aromatic carbocycles. The Hall–Kier alpha value is -1.31. The third-order valence-corrected chi connectivity index (χ3v) is 4.48. The highest BCUT2D eigenvalue weighted by Crippen LogP contribution is 2.36. The van der Waals surface area contributed by atoms with Crippen molar-refractivity contribution in [1.82, 2.24) is 4.90 Å². The first-order valence-electron chi connectivity index (χ1n) is 8.53. The summed E-state index contributed by atoms with van der Waals surface area (Å²) in [5.74, 6) is 0.757. The van der Waals surface area contributed by atoms with Gasteiger partial charge in [-0.25, -0.2) is 0 Å². The maximum Gasteiger partial charge on any atom is 0.0472 e. The lowest BCUT2D eigenvalue weighted by atomic mass is 9.84. The molecule has 124 valence electrons. The number of allylic oxidation sites excluding steroid dienone is 2. The molecule has 1 aliphatic carbocycles. The van der Waals surface area contributed by atoms with E-state index in [1.54, 1.807) is 11.8 Å². The zero-order chi connectivity index (χ0) is 16.8. The highest BCUT2D eigenvalue weighted by atomic mass is 15.1. The van der Waals surface area contributed by atoms with Gasteiger partial charge < -0.3 is 4.90 Å². The van der Waals surface area contributed by atoms with Crippen molar-refractivity contribution < 1.29 is 0 Å². The van der Waals surface area contributed by atoms with E-state index in [-0.39, 0.29) is 0 Å². The molecule has 0 saturated heterocycles. The molecule has 2 nitrogen and oxygen atoms in total.